The molecule has 1 aromatic carbocycles. The number of anilines is 1. The molecule has 2 aromatic heterocycles. The van der Waals surface area contributed by atoms with E-state index in [1.807, 2.05) is 25.3 Å². The van der Waals surface area contributed by atoms with E-state index in [9.17, 15) is 0 Å². The van der Waals surface area contributed by atoms with Crippen LogP contribution in [0.15, 0.2) is 30.5 Å². The number of halogens is 1. The highest BCUT2D eigenvalue weighted by Gasteiger charge is 2.33. The zero-order valence-corrected chi connectivity index (χ0v) is 19.6. The van der Waals surface area contributed by atoms with E-state index in [0.717, 1.165) is 92.7 Å². The van der Waals surface area contributed by atoms with E-state index in [2.05, 4.69) is 41.6 Å². The first-order chi connectivity index (χ1) is 16.2. The standard InChI is InChI=1S/C24H28ClN7O/c1-16-4-8-26-24(27-16)30-9-5-17(6-10-30)23-29-28-22-14-31(20-7-11-33-15-20)13-18-12-19(25)2-3-21(18)32(22)23/h2-4,8,12,17,20H,5-7,9-11,13-15H2,1H3/t20-/m0/s1. The number of nitrogens with zero attached hydrogens (tertiary/aromatic N) is 7. The smallest absolute Gasteiger partial charge is 0.225 e. The maximum atomic E-state index is 6.41. The van der Waals surface area contributed by atoms with Crippen molar-refractivity contribution in [3.05, 3.63) is 58.4 Å². The van der Waals surface area contributed by atoms with Gasteiger partial charge in [-0.25, -0.2) is 9.97 Å². The number of hydrogen-bond donors (Lipinski definition) is 0. The molecule has 0 unspecified atom stereocenters. The minimum Gasteiger partial charge on any atom is -0.380 e. The summed E-state index contributed by atoms with van der Waals surface area (Å²) in [4.78, 5) is 13.8. The maximum Gasteiger partial charge on any atom is 0.225 e. The summed E-state index contributed by atoms with van der Waals surface area (Å²) in [5, 5.41) is 10.2. The van der Waals surface area contributed by atoms with Crippen LogP contribution in [0.2, 0.25) is 5.02 Å². The average Bonchev–Trinajstić information content (AvgIpc) is 3.47. The van der Waals surface area contributed by atoms with Crippen molar-refractivity contribution in [3.63, 3.8) is 0 Å². The number of fused-ring (bicyclic) bond motifs is 3. The van der Waals surface area contributed by atoms with Crippen LogP contribution in [0.5, 0.6) is 0 Å². The first kappa shape index (κ1) is 21.0. The second kappa shape index (κ2) is 8.66. The monoisotopic (exact) mass is 465 g/mol. The molecule has 0 radical (unpaired) electrons. The lowest BCUT2D eigenvalue weighted by Crippen LogP contribution is -2.35. The van der Waals surface area contributed by atoms with Crippen molar-refractivity contribution in [1.82, 2.24) is 29.6 Å². The Morgan fingerprint density at radius 3 is 2.73 bits per heavy atom. The fourth-order valence-electron chi connectivity index (χ4n) is 5.31. The number of piperidine rings is 1. The van der Waals surface area contributed by atoms with Gasteiger partial charge >= 0.3 is 0 Å². The Bertz CT molecular complexity index is 1150. The lowest BCUT2D eigenvalue weighted by Gasteiger charge is -2.31. The topological polar surface area (TPSA) is 72.2 Å². The van der Waals surface area contributed by atoms with Gasteiger partial charge in [0, 0.05) is 55.1 Å². The molecule has 3 aliphatic heterocycles. The van der Waals surface area contributed by atoms with Gasteiger partial charge in [0.05, 0.1) is 18.8 Å². The van der Waals surface area contributed by atoms with E-state index in [-0.39, 0.29) is 0 Å². The van der Waals surface area contributed by atoms with Gasteiger partial charge in [-0.05, 0) is 56.0 Å². The first-order valence-corrected chi connectivity index (χ1v) is 12.1. The largest absolute Gasteiger partial charge is 0.380 e. The van der Waals surface area contributed by atoms with E-state index in [0.29, 0.717) is 12.0 Å². The van der Waals surface area contributed by atoms with Crippen LogP contribution in [-0.4, -0.2) is 62.0 Å². The van der Waals surface area contributed by atoms with Gasteiger partial charge in [0.25, 0.3) is 0 Å². The molecule has 172 valence electrons. The van der Waals surface area contributed by atoms with E-state index in [1.165, 1.54) is 5.56 Å². The Morgan fingerprint density at radius 2 is 1.94 bits per heavy atom. The van der Waals surface area contributed by atoms with Crippen LogP contribution in [0, 0.1) is 6.92 Å². The Balaban J connectivity index is 1.30. The molecule has 5 heterocycles. The van der Waals surface area contributed by atoms with Gasteiger partial charge in [-0.2, -0.15) is 0 Å². The molecule has 3 aromatic rings. The number of aryl methyl sites for hydroxylation is 1. The third-order valence-electron chi connectivity index (χ3n) is 7.10. The molecular weight excluding hydrogens is 438 g/mol. The molecular formula is C24H28ClN7O. The number of ether oxygens (including phenoxy) is 1. The van der Waals surface area contributed by atoms with Crippen molar-refractivity contribution in [1.29, 1.82) is 0 Å². The van der Waals surface area contributed by atoms with Crippen LogP contribution in [-0.2, 0) is 17.8 Å². The van der Waals surface area contributed by atoms with E-state index in [1.54, 1.807) is 0 Å². The predicted molar refractivity (Wildman–Crippen MR) is 126 cm³/mol. The summed E-state index contributed by atoms with van der Waals surface area (Å²) >= 11 is 6.41. The average molecular weight is 466 g/mol. The highest BCUT2D eigenvalue weighted by atomic mass is 35.5. The summed E-state index contributed by atoms with van der Waals surface area (Å²) in [6, 6.07) is 8.53. The Morgan fingerprint density at radius 1 is 1.06 bits per heavy atom. The third-order valence-corrected chi connectivity index (χ3v) is 7.34. The highest BCUT2D eigenvalue weighted by Crippen LogP contribution is 2.35. The van der Waals surface area contributed by atoms with Crippen LogP contribution < -0.4 is 4.90 Å². The first-order valence-electron chi connectivity index (χ1n) is 11.7. The number of rotatable bonds is 3. The predicted octanol–water partition coefficient (Wildman–Crippen LogP) is 3.51. The molecule has 0 spiro atoms. The molecule has 8 nitrogen and oxygen atoms in total. The molecule has 33 heavy (non-hydrogen) atoms. The summed E-state index contributed by atoms with van der Waals surface area (Å²) in [6.45, 7) is 7.04. The minimum absolute atomic E-state index is 0.345. The summed E-state index contributed by atoms with van der Waals surface area (Å²) in [5.74, 6) is 3.23. The summed E-state index contributed by atoms with van der Waals surface area (Å²) in [5.41, 5.74) is 3.37. The Kier molecular flexibility index (Phi) is 5.52. The number of aromatic nitrogens is 5. The summed E-state index contributed by atoms with van der Waals surface area (Å²) in [6.07, 6.45) is 4.89. The molecule has 0 N–H and O–H groups in total. The van der Waals surface area contributed by atoms with Crippen molar-refractivity contribution >= 4 is 17.5 Å². The van der Waals surface area contributed by atoms with Crippen molar-refractivity contribution in [3.8, 4) is 5.69 Å². The zero-order valence-electron chi connectivity index (χ0n) is 18.8. The molecule has 0 saturated carbocycles. The number of benzene rings is 1. The molecule has 0 amide bonds. The van der Waals surface area contributed by atoms with Crippen molar-refractivity contribution < 1.29 is 4.74 Å². The quantitative estimate of drug-likeness (QED) is 0.586. The van der Waals surface area contributed by atoms with Crippen LogP contribution in [0.3, 0.4) is 0 Å². The third kappa shape index (κ3) is 4.00. The summed E-state index contributed by atoms with van der Waals surface area (Å²) < 4.78 is 7.98. The zero-order chi connectivity index (χ0) is 22.4. The second-order valence-corrected chi connectivity index (χ2v) is 9.70. The highest BCUT2D eigenvalue weighted by molar-refractivity contribution is 6.30. The lowest BCUT2D eigenvalue weighted by atomic mass is 9.95. The fraction of sp³-hybridized carbons (Fsp3) is 0.500. The second-order valence-electron chi connectivity index (χ2n) is 9.26. The van der Waals surface area contributed by atoms with Crippen molar-refractivity contribution in [2.24, 2.45) is 0 Å². The van der Waals surface area contributed by atoms with Gasteiger partial charge in [0.2, 0.25) is 5.95 Å². The molecule has 2 fully saturated rings. The minimum atomic E-state index is 0.345. The van der Waals surface area contributed by atoms with Gasteiger partial charge in [-0.3, -0.25) is 9.47 Å². The van der Waals surface area contributed by atoms with Crippen LogP contribution >= 0.6 is 11.6 Å². The molecule has 0 aliphatic carbocycles. The van der Waals surface area contributed by atoms with Gasteiger partial charge in [-0.1, -0.05) is 11.6 Å². The van der Waals surface area contributed by atoms with Crippen LogP contribution in [0.1, 0.15) is 48.1 Å². The molecule has 0 bridgehead atoms. The normalized spacial score (nSPS) is 21.6. The van der Waals surface area contributed by atoms with Gasteiger partial charge < -0.3 is 9.64 Å². The van der Waals surface area contributed by atoms with E-state index >= 15 is 0 Å². The van der Waals surface area contributed by atoms with Gasteiger partial charge in [-0.15, -0.1) is 10.2 Å². The van der Waals surface area contributed by atoms with Crippen molar-refractivity contribution in [2.75, 3.05) is 31.2 Å². The van der Waals surface area contributed by atoms with E-state index in [4.69, 9.17) is 21.4 Å². The van der Waals surface area contributed by atoms with Gasteiger partial charge in [0.1, 0.15) is 5.82 Å². The van der Waals surface area contributed by atoms with Crippen LogP contribution in [0.25, 0.3) is 5.69 Å². The van der Waals surface area contributed by atoms with Gasteiger partial charge in [0.15, 0.2) is 5.82 Å². The molecule has 6 rings (SSSR count). The number of hydrogen-bond acceptors (Lipinski definition) is 7. The van der Waals surface area contributed by atoms with Crippen molar-refractivity contribution in [2.45, 2.75) is 51.2 Å². The maximum absolute atomic E-state index is 6.41. The SMILES string of the molecule is Cc1ccnc(N2CCC(c3nnc4n3-c3ccc(Cl)cc3CN([C@H]3CCOC3)C4)CC2)n1. The van der Waals surface area contributed by atoms with E-state index < -0.39 is 0 Å². The summed E-state index contributed by atoms with van der Waals surface area (Å²) in [7, 11) is 0. The molecule has 3 aliphatic rings. The molecule has 2 saturated heterocycles. The van der Waals surface area contributed by atoms with Crippen LogP contribution in [0.4, 0.5) is 5.95 Å². The Hall–Kier alpha value is -2.55. The fourth-order valence-corrected chi connectivity index (χ4v) is 5.50. The molecule has 1 atom stereocenters. The Labute approximate surface area is 198 Å². The molecule has 9 heteroatoms. The lowest BCUT2D eigenvalue weighted by molar-refractivity contribution is 0.133.